The molecule has 0 saturated heterocycles. The molecule has 0 aliphatic carbocycles. The van der Waals surface area contributed by atoms with Crippen LogP contribution >= 0.6 is 11.3 Å². The van der Waals surface area contributed by atoms with E-state index in [1.165, 1.54) is 64.3 Å². The van der Waals surface area contributed by atoms with Crippen LogP contribution < -0.4 is 4.90 Å². The molecule has 0 aliphatic heterocycles. The second-order valence-corrected chi connectivity index (χ2v) is 13.2. The van der Waals surface area contributed by atoms with Crippen LogP contribution in [-0.2, 0) is 0 Å². The van der Waals surface area contributed by atoms with Crippen molar-refractivity contribution in [2.75, 3.05) is 4.90 Å². The monoisotopic (exact) mass is 629 g/mol. The van der Waals surface area contributed by atoms with Gasteiger partial charge < -0.3 is 4.90 Å². The van der Waals surface area contributed by atoms with Crippen molar-refractivity contribution in [1.29, 1.82) is 0 Å². The van der Waals surface area contributed by atoms with Crippen LogP contribution in [0.15, 0.2) is 188 Å². The number of hydrogen-bond acceptors (Lipinski definition) is 2. The SMILES string of the molecule is c1ccc(-c2ccc(-c3ccc(N(c4ccc5c(ccc6c7ccccc7sc56)c4)c4ccccc4-c4ccccc4)cc3)cc2)cc1. The maximum Gasteiger partial charge on any atom is 0.0540 e. The fourth-order valence-corrected chi connectivity index (χ4v) is 8.12. The molecule has 1 nitrogen and oxygen atoms in total. The number of rotatable bonds is 6. The predicted molar refractivity (Wildman–Crippen MR) is 208 cm³/mol. The first kappa shape index (κ1) is 28.3. The summed E-state index contributed by atoms with van der Waals surface area (Å²) in [5.41, 5.74) is 10.6. The Morgan fingerprint density at radius 1 is 0.354 bits per heavy atom. The normalized spacial score (nSPS) is 11.3. The molecule has 48 heavy (non-hydrogen) atoms. The fourth-order valence-electron chi connectivity index (χ4n) is 6.88. The number of para-hydroxylation sites is 1. The van der Waals surface area contributed by atoms with E-state index >= 15 is 0 Å². The summed E-state index contributed by atoms with van der Waals surface area (Å²) >= 11 is 1.88. The Balaban J connectivity index is 1.16. The molecule has 2 heteroatoms. The molecule has 1 aromatic heterocycles. The number of hydrogen-bond donors (Lipinski definition) is 0. The highest BCUT2D eigenvalue weighted by Gasteiger charge is 2.18. The first-order valence-electron chi connectivity index (χ1n) is 16.3. The minimum absolute atomic E-state index is 1.12. The standard InChI is InChI=1S/C46H31NS/c1-3-11-32(12-4-1)33-19-21-34(22-20-33)35-23-26-38(27-24-35)47(44-17-9-7-15-40(44)36-13-5-2-6-14-36)39-28-30-41-37(31-39)25-29-43-42-16-8-10-18-45(42)48-46(41)43/h1-31H. The van der Waals surface area contributed by atoms with Crippen LogP contribution in [0.25, 0.3) is 64.3 Å². The van der Waals surface area contributed by atoms with Gasteiger partial charge in [-0.05, 0) is 75.0 Å². The third kappa shape index (κ3) is 5.04. The van der Waals surface area contributed by atoms with E-state index in [0.29, 0.717) is 0 Å². The molecular weight excluding hydrogens is 599 g/mol. The van der Waals surface area contributed by atoms with Gasteiger partial charge in [0.2, 0.25) is 0 Å². The number of nitrogens with zero attached hydrogens (tertiary/aromatic N) is 1. The van der Waals surface area contributed by atoms with Crippen LogP contribution in [0.5, 0.6) is 0 Å². The van der Waals surface area contributed by atoms with E-state index in [0.717, 1.165) is 17.1 Å². The van der Waals surface area contributed by atoms with Gasteiger partial charge in [-0.2, -0.15) is 0 Å². The van der Waals surface area contributed by atoms with Crippen molar-refractivity contribution in [3.05, 3.63) is 188 Å². The second kappa shape index (κ2) is 12.0. The van der Waals surface area contributed by atoms with Crippen LogP contribution in [0.4, 0.5) is 17.1 Å². The molecule has 0 radical (unpaired) electrons. The Labute approximate surface area is 284 Å². The second-order valence-electron chi connectivity index (χ2n) is 12.2. The Morgan fingerprint density at radius 2 is 0.896 bits per heavy atom. The molecule has 0 aliphatic rings. The zero-order chi connectivity index (χ0) is 31.9. The topological polar surface area (TPSA) is 3.24 Å². The van der Waals surface area contributed by atoms with Crippen LogP contribution in [-0.4, -0.2) is 0 Å². The van der Waals surface area contributed by atoms with Crippen LogP contribution in [0, 0.1) is 0 Å². The minimum atomic E-state index is 1.12. The molecule has 0 fully saturated rings. The van der Waals surface area contributed by atoms with E-state index in [1.54, 1.807) is 0 Å². The molecule has 0 spiro atoms. The van der Waals surface area contributed by atoms with Gasteiger partial charge >= 0.3 is 0 Å². The van der Waals surface area contributed by atoms with E-state index in [-0.39, 0.29) is 0 Å². The molecule has 0 bridgehead atoms. The predicted octanol–water partition coefficient (Wildman–Crippen LogP) is 13.7. The van der Waals surface area contributed by atoms with Crippen LogP contribution in [0.3, 0.4) is 0 Å². The number of anilines is 3. The molecule has 9 aromatic rings. The van der Waals surface area contributed by atoms with E-state index < -0.39 is 0 Å². The Kier molecular flexibility index (Phi) is 7.07. The van der Waals surface area contributed by atoms with Crippen LogP contribution in [0.1, 0.15) is 0 Å². The van der Waals surface area contributed by atoms with E-state index in [1.807, 2.05) is 11.3 Å². The fraction of sp³-hybridized carbons (Fsp3) is 0. The summed E-state index contributed by atoms with van der Waals surface area (Å²) in [6, 6.07) is 68.0. The summed E-state index contributed by atoms with van der Waals surface area (Å²) in [7, 11) is 0. The van der Waals surface area contributed by atoms with Crippen molar-refractivity contribution in [1.82, 2.24) is 0 Å². The summed E-state index contributed by atoms with van der Waals surface area (Å²) in [5, 5.41) is 5.19. The first-order valence-corrected chi connectivity index (χ1v) is 17.2. The Morgan fingerprint density at radius 3 is 1.62 bits per heavy atom. The zero-order valence-electron chi connectivity index (χ0n) is 26.3. The quantitative estimate of drug-likeness (QED) is 0.177. The lowest BCUT2D eigenvalue weighted by Gasteiger charge is -2.28. The Hall–Kier alpha value is -5.96. The van der Waals surface area contributed by atoms with Gasteiger partial charge in [0.1, 0.15) is 0 Å². The molecule has 0 N–H and O–H groups in total. The first-order chi connectivity index (χ1) is 23.8. The zero-order valence-corrected chi connectivity index (χ0v) is 27.1. The van der Waals surface area contributed by atoms with Gasteiger partial charge in [0.15, 0.2) is 0 Å². The van der Waals surface area contributed by atoms with E-state index in [4.69, 9.17) is 0 Å². The molecular formula is C46H31NS. The van der Waals surface area contributed by atoms with Gasteiger partial charge in [0, 0.05) is 37.1 Å². The smallest absolute Gasteiger partial charge is 0.0540 e. The van der Waals surface area contributed by atoms with E-state index in [9.17, 15) is 0 Å². The lowest BCUT2D eigenvalue weighted by atomic mass is 9.99. The average molecular weight is 630 g/mol. The maximum atomic E-state index is 2.40. The number of benzene rings is 8. The molecule has 0 amide bonds. The highest BCUT2D eigenvalue weighted by molar-refractivity contribution is 7.26. The van der Waals surface area contributed by atoms with Crippen molar-refractivity contribution >= 4 is 59.3 Å². The highest BCUT2D eigenvalue weighted by Crippen LogP contribution is 2.44. The van der Waals surface area contributed by atoms with Gasteiger partial charge in [-0.1, -0.05) is 152 Å². The van der Waals surface area contributed by atoms with Crippen molar-refractivity contribution in [3.8, 4) is 33.4 Å². The molecule has 226 valence electrons. The van der Waals surface area contributed by atoms with Crippen molar-refractivity contribution in [3.63, 3.8) is 0 Å². The highest BCUT2D eigenvalue weighted by atomic mass is 32.1. The summed E-state index contributed by atoms with van der Waals surface area (Å²) in [5.74, 6) is 0. The molecule has 0 atom stereocenters. The van der Waals surface area contributed by atoms with Crippen molar-refractivity contribution in [2.24, 2.45) is 0 Å². The summed E-state index contributed by atoms with van der Waals surface area (Å²) in [4.78, 5) is 2.40. The van der Waals surface area contributed by atoms with Crippen LogP contribution in [0.2, 0.25) is 0 Å². The third-order valence-electron chi connectivity index (χ3n) is 9.28. The molecule has 1 heterocycles. The number of thiophene rings is 1. The molecule has 8 aromatic carbocycles. The van der Waals surface area contributed by atoms with Crippen molar-refractivity contribution in [2.45, 2.75) is 0 Å². The summed E-state index contributed by atoms with van der Waals surface area (Å²) in [6.45, 7) is 0. The van der Waals surface area contributed by atoms with Crippen molar-refractivity contribution < 1.29 is 0 Å². The number of fused-ring (bicyclic) bond motifs is 5. The minimum Gasteiger partial charge on any atom is -0.310 e. The lowest BCUT2D eigenvalue weighted by Crippen LogP contribution is -2.11. The average Bonchev–Trinajstić information content (AvgIpc) is 3.55. The third-order valence-corrected chi connectivity index (χ3v) is 10.5. The van der Waals surface area contributed by atoms with Gasteiger partial charge in [-0.25, -0.2) is 0 Å². The summed E-state index contributed by atoms with van der Waals surface area (Å²) in [6.07, 6.45) is 0. The molecule has 0 saturated carbocycles. The molecule has 9 rings (SSSR count). The molecule has 0 unspecified atom stereocenters. The lowest BCUT2D eigenvalue weighted by molar-refractivity contribution is 1.29. The van der Waals surface area contributed by atoms with Gasteiger partial charge in [0.05, 0.1) is 5.69 Å². The van der Waals surface area contributed by atoms with E-state index in [2.05, 4.69) is 193 Å². The Bertz CT molecular complexity index is 2530. The summed E-state index contributed by atoms with van der Waals surface area (Å²) < 4.78 is 2.68. The van der Waals surface area contributed by atoms with Gasteiger partial charge in [-0.15, -0.1) is 11.3 Å². The van der Waals surface area contributed by atoms with Gasteiger partial charge in [-0.3, -0.25) is 0 Å². The van der Waals surface area contributed by atoms with Gasteiger partial charge in [0.25, 0.3) is 0 Å². The largest absolute Gasteiger partial charge is 0.310 e. The maximum absolute atomic E-state index is 2.40.